The van der Waals surface area contributed by atoms with Gasteiger partial charge in [0.05, 0.1) is 10.8 Å². The number of nitro benzene ring substituents is 1. The van der Waals surface area contributed by atoms with Crippen LogP contribution in [0.1, 0.15) is 12.0 Å². The Morgan fingerprint density at radius 2 is 1.93 bits per heavy atom. The highest BCUT2D eigenvalue weighted by atomic mass is 16.6. The second-order valence-electron chi connectivity index (χ2n) is 6.62. The predicted octanol–water partition coefficient (Wildman–Crippen LogP) is 2.13. The molecule has 1 saturated heterocycles. The number of non-ortho nitro benzene ring substituents is 1. The molecule has 150 valence electrons. The quantitative estimate of drug-likeness (QED) is 0.434. The minimum absolute atomic E-state index is 0.0398. The number of rotatable bonds is 7. The van der Waals surface area contributed by atoms with Gasteiger partial charge in [-0.25, -0.2) is 0 Å². The molecule has 1 aliphatic heterocycles. The maximum atomic E-state index is 12.2. The van der Waals surface area contributed by atoms with Crippen LogP contribution in [0.25, 0.3) is 0 Å². The molecule has 0 radical (unpaired) electrons. The minimum atomic E-state index is -0.628. The van der Waals surface area contributed by atoms with Crippen LogP contribution in [0.2, 0.25) is 0 Å². The summed E-state index contributed by atoms with van der Waals surface area (Å²) in [5.41, 5.74) is 1.03. The second kappa shape index (κ2) is 8.96. The highest BCUT2D eigenvalue weighted by Gasteiger charge is 2.35. The molecule has 1 aliphatic rings. The van der Waals surface area contributed by atoms with Crippen LogP contribution in [-0.4, -0.2) is 40.8 Å². The Bertz CT molecular complexity index is 931. The number of nitrogens with zero attached hydrogens (tertiary/aromatic N) is 2. The van der Waals surface area contributed by atoms with E-state index in [9.17, 15) is 24.5 Å². The molecule has 29 heavy (non-hydrogen) atoms. The van der Waals surface area contributed by atoms with Gasteiger partial charge in [0, 0.05) is 37.3 Å². The summed E-state index contributed by atoms with van der Waals surface area (Å²) in [4.78, 5) is 48.1. The number of nitrogens with one attached hydrogen (secondary N) is 1. The largest absolute Gasteiger partial charge is 0.455 e. The molecule has 0 bridgehead atoms. The van der Waals surface area contributed by atoms with Crippen molar-refractivity contribution in [2.24, 2.45) is 5.92 Å². The first-order valence-corrected chi connectivity index (χ1v) is 8.95. The van der Waals surface area contributed by atoms with Crippen LogP contribution in [0.3, 0.4) is 0 Å². The van der Waals surface area contributed by atoms with E-state index in [2.05, 4.69) is 5.32 Å². The van der Waals surface area contributed by atoms with Crippen molar-refractivity contribution >= 4 is 29.2 Å². The van der Waals surface area contributed by atoms with E-state index in [1.807, 2.05) is 30.3 Å². The summed E-state index contributed by atoms with van der Waals surface area (Å²) in [5.74, 6) is -2.01. The summed E-state index contributed by atoms with van der Waals surface area (Å²) in [7, 11) is 0. The van der Waals surface area contributed by atoms with E-state index in [4.69, 9.17) is 4.74 Å². The lowest BCUT2D eigenvalue weighted by Crippen LogP contribution is -2.28. The van der Waals surface area contributed by atoms with Crippen molar-refractivity contribution in [2.45, 2.75) is 13.0 Å². The van der Waals surface area contributed by atoms with E-state index >= 15 is 0 Å². The monoisotopic (exact) mass is 397 g/mol. The first kappa shape index (κ1) is 20.0. The molecule has 0 spiro atoms. The summed E-state index contributed by atoms with van der Waals surface area (Å²) in [6.45, 7) is 0.112. The van der Waals surface area contributed by atoms with Gasteiger partial charge in [0.1, 0.15) is 0 Å². The van der Waals surface area contributed by atoms with Gasteiger partial charge in [-0.2, -0.15) is 0 Å². The van der Waals surface area contributed by atoms with Crippen LogP contribution in [0.5, 0.6) is 0 Å². The topological polar surface area (TPSA) is 119 Å². The van der Waals surface area contributed by atoms with Crippen molar-refractivity contribution in [1.82, 2.24) is 4.90 Å². The zero-order valence-electron chi connectivity index (χ0n) is 15.4. The molecule has 3 rings (SSSR count). The molecular weight excluding hydrogens is 378 g/mol. The van der Waals surface area contributed by atoms with Gasteiger partial charge >= 0.3 is 5.97 Å². The Kier molecular flexibility index (Phi) is 6.18. The third-order valence-electron chi connectivity index (χ3n) is 4.45. The van der Waals surface area contributed by atoms with Gasteiger partial charge in [0.25, 0.3) is 11.6 Å². The first-order chi connectivity index (χ1) is 13.9. The number of carbonyl (C=O) groups excluding carboxylic acids is 3. The SMILES string of the molecule is O=C(COC(=O)[C@@H]1CC(=O)N(Cc2ccccc2)C1)Nc1cccc([N+](=O)[O-])c1. The van der Waals surface area contributed by atoms with Crippen molar-refractivity contribution in [3.05, 3.63) is 70.3 Å². The third kappa shape index (κ3) is 5.38. The molecule has 9 heteroatoms. The molecule has 0 aliphatic carbocycles. The zero-order chi connectivity index (χ0) is 20.8. The van der Waals surface area contributed by atoms with Gasteiger partial charge < -0.3 is 15.0 Å². The van der Waals surface area contributed by atoms with Crippen LogP contribution in [-0.2, 0) is 25.7 Å². The van der Waals surface area contributed by atoms with E-state index in [1.54, 1.807) is 4.90 Å². The standard InChI is InChI=1S/C20H19N3O6/c24-18(21-16-7-4-8-17(10-16)23(27)28)13-29-20(26)15-9-19(25)22(12-15)11-14-5-2-1-3-6-14/h1-8,10,15H,9,11-13H2,(H,21,24)/t15-/m1/s1. The molecule has 1 fully saturated rings. The summed E-state index contributed by atoms with van der Waals surface area (Å²) >= 11 is 0. The fourth-order valence-corrected chi connectivity index (χ4v) is 3.04. The molecule has 9 nitrogen and oxygen atoms in total. The highest BCUT2D eigenvalue weighted by molar-refractivity contribution is 5.94. The molecule has 1 heterocycles. The van der Waals surface area contributed by atoms with Crippen LogP contribution in [0.4, 0.5) is 11.4 Å². The lowest BCUT2D eigenvalue weighted by atomic mass is 10.1. The number of anilines is 1. The fourth-order valence-electron chi connectivity index (χ4n) is 3.04. The number of ether oxygens (including phenoxy) is 1. The van der Waals surface area contributed by atoms with Crippen molar-refractivity contribution < 1.29 is 24.0 Å². The minimum Gasteiger partial charge on any atom is -0.455 e. The Morgan fingerprint density at radius 1 is 1.17 bits per heavy atom. The third-order valence-corrected chi connectivity index (χ3v) is 4.45. The van der Waals surface area contributed by atoms with Crippen molar-refractivity contribution in [3.63, 3.8) is 0 Å². The van der Waals surface area contributed by atoms with Crippen LogP contribution >= 0.6 is 0 Å². The summed E-state index contributed by atoms with van der Waals surface area (Å²) in [5, 5.41) is 13.2. The Balaban J connectivity index is 1.48. The second-order valence-corrected chi connectivity index (χ2v) is 6.62. The molecular formula is C20H19N3O6. The summed E-state index contributed by atoms with van der Waals surface area (Å²) in [6.07, 6.45) is 0.0398. The van der Waals surface area contributed by atoms with Crippen molar-refractivity contribution in [3.8, 4) is 0 Å². The zero-order valence-corrected chi connectivity index (χ0v) is 15.4. The van der Waals surface area contributed by atoms with Crippen molar-refractivity contribution in [2.75, 3.05) is 18.5 Å². The average Bonchev–Trinajstić information content (AvgIpc) is 3.07. The molecule has 1 N–H and O–H groups in total. The van der Waals surface area contributed by atoms with E-state index in [0.717, 1.165) is 5.56 Å². The Morgan fingerprint density at radius 3 is 2.66 bits per heavy atom. The Labute approximate surface area is 166 Å². The maximum absolute atomic E-state index is 12.2. The van der Waals surface area contributed by atoms with E-state index < -0.39 is 29.3 Å². The number of likely N-dealkylation sites (tertiary alicyclic amines) is 1. The van der Waals surface area contributed by atoms with Gasteiger partial charge in [-0.1, -0.05) is 36.4 Å². The normalized spacial score (nSPS) is 15.8. The number of hydrogen-bond donors (Lipinski definition) is 1. The number of carbonyl (C=O) groups is 3. The van der Waals surface area contributed by atoms with Gasteiger partial charge in [0.15, 0.2) is 6.61 Å². The van der Waals surface area contributed by atoms with Crippen molar-refractivity contribution in [1.29, 1.82) is 0 Å². The summed E-state index contributed by atoms with van der Waals surface area (Å²) < 4.78 is 5.02. The Hall–Kier alpha value is -3.75. The van der Waals surface area contributed by atoms with E-state index in [-0.39, 0.29) is 30.2 Å². The molecule has 0 saturated carbocycles. The van der Waals surface area contributed by atoms with Gasteiger partial charge in [-0.15, -0.1) is 0 Å². The first-order valence-electron chi connectivity index (χ1n) is 8.95. The molecule has 0 aromatic heterocycles. The smallest absolute Gasteiger partial charge is 0.311 e. The maximum Gasteiger partial charge on any atom is 0.311 e. The van der Waals surface area contributed by atoms with E-state index in [1.165, 1.54) is 24.3 Å². The fraction of sp³-hybridized carbons (Fsp3) is 0.250. The van der Waals surface area contributed by atoms with Crippen LogP contribution in [0.15, 0.2) is 54.6 Å². The predicted molar refractivity (Wildman–Crippen MR) is 103 cm³/mol. The van der Waals surface area contributed by atoms with Gasteiger partial charge in [0.2, 0.25) is 5.91 Å². The molecule has 1 atom stereocenters. The average molecular weight is 397 g/mol. The molecule has 2 amide bonds. The number of esters is 1. The molecule has 2 aromatic rings. The van der Waals surface area contributed by atoms with Crippen LogP contribution < -0.4 is 5.32 Å². The van der Waals surface area contributed by atoms with E-state index in [0.29, 0.717) is 6.54 Å². The summed E-state index contributed by atoms with van der Waals surface area (Å²) in [6, 6.07) is 14.9. The number of hydrogen-bond acceptors (Lipinski definition) is 6. The highest BCUT2D eigenvalue weighted by Crippen LogP contribution is 2.21. The lowest BCUT2D eigenvalue weighted by molar-refractivity contribution is -0.384. The van der Waals surface area contributed by atoms with Gasteiger partial charge in [-0.05, 0) is 11.6 Å². The number of nitro groups is 1. The van der Waals surface area contributed by atoms with Crippen LogP contribution in [0, 0.1) is 16.0 Å². The number of amides is 2. The van der Waals surface area contributed by atoms with Gasteiger partial charge in [-0.3, -0.25) is 24.5 Å². The molecule has 0 unspecified atom stereocenters. The molecule has 2 aromatic carbocycles. The number of benzene rings is 2. The lowest BCUT2D eigenvalue weighted by Gasteiger charge is -2.16.